The van der Waals surface area contributed by atoms with Crippen LogP contribution in [0.25, 0.3) is 21.9 Å². The number of nitrogens with zero attached hydrogens (tertiary/aromatic N) is 3. The number of aromatic nitrogens is 3. The Kier molecular flexibility index (Phi) is 9.18. The maximum absolute atomic E-state index is 13.1. The van der Waals surface area contributed by atoms with E-state index in [-0.39, 0.29) is 19.0 Å². The molecule has 0 aliphatic rings. The van der Waals surface area contributed by atoms with E-state index in [0.29, 0.717) is 29.0 Å². The zero-order valence-corrected chi connectivity index (χ0v) is 22.9. The Morgan fingerprint density at radius 1 is 1.05 bits per heavy atom. The Morgan fingerprint density at radius 2 is 1.74 bits per heavy atom. The number of aliphatic hydroxyl groups is 1. The first-order valence-corrected chi connectivity index (χ1v) is 12.6. The van der Waals surface area contributed by atoms with Gasteiger partial charge in [0, 0.05) is 12.0 Å². The Morgan fingerprint density at radius 3 is 2.37 bits per heavy atom. The van der Waals surface area contributed by atoms with Gasteiger partial charge in [0.15, 0.2) is 11.9 Å². The van der Waals surface area contributed by atoms with E-state index < -0.39 is 41.6 Å². The molecule has 0 spiro atoms. The molecule has 11 nitrogen and oxygen atoms in total. The van der Waals surface area contributed by atoms with E-state index in [2.05, 4.69) is 10.3 Å². The van der Waals surface area contributed by atoms with E-state index in [1.165, 1.54) is 13.8 Å². The van der Waals surface area contributed by atoms with Gasteiger partial charge in [-0.05, 0) is 40.7 Å². The standard InChI is InChI=1S/C27H36N4O7/c1-8-36-13-20-29-21-22(31(20)14-27(6,7)35)18-11-9-10-12-19(18)28-23(21)30-24(32)16(4)37-17(5)26(34)38-25(33)15(2)3/h9-12,15-17,35H,8,13-14H2,1-7H3,(H,28,30,32). The van der Waals surface area contributed by atoms with Crippen molar-refractivity contribution in [1.29, 1.82) is 0 Å². The van der Waals surface area contributed by atoms with Crippen molar-refractivity contribution < 1.29 is 33.7 Å². The topological polar surface area (TPSA) is 142 Å². The molecule has 0 aliphatic heterocycles. The van der Waals surface area contributed by atoms with Crippen LogP contribution in [0.4, 0.5) is 5.82 Å². The van der Waals surface area contributed by atoms with Crippen molar-refractivity contribution in [3.05, 3.63) is 30.1 Å². The highest BCUT2D eigenvalue weighted by Gasteiger charge is 2.27. The van der Waals surface area contributed by atoms with E-state index >= 15 is 0 Å². The quantitative estimate of drug-likeness (QED) is 0.283. The van der Waals surface area contributed by atoms with Gasteiger partial charge >= 0.3 is 11.9 Å². The molecule has 1 amide bonds. The molecule has 0 fully saturated rings. The average molecular weight is 529 g/mol. The first kappa shape index (κ1) is 29.2. The highest BCUT2D eigenvalue weighted by atomic mass is 16.6. The fourth-order valence-electron chi connectivity index (χ4n) is 3.77. The summed E-state index contributed by atoms with van der Waals surface area (Å²) in [7, 11) is 0. The number of hydrogen-bond acceptors (Lipinski definition) is 9. The first-order chi connectivity index (χ1) is 17.8. The van der Waals surface area contributed by atoms with Crippen LogP contribution in [0.5, 0.6) is 0 Å². The fourth-order valence-corrected chi connectivity index (χ4v) is 3.77. The minimum absolute atomic E-state index is 0.205. The minimum Gasteiger partial charge on any atom is -0.391 e. The van der Waals surface area contributed by atoms with Gasteiger partial charge in [0.1, 0.15) is 24.1 Å². The number of para-hydroxylation sites is 1. The van der Waals surface area contributed by atoms with Crippen LogP contribution in [0.3, 0.4) is 0 Å². The lowest BCUT2D eigenvalue weighted by Crippen LogP contribution is -2.36. The third-order valence-corrected chi connectivity index (χ3v) is 5.67. The Bertz CT molecular complexity index is 1330. The number of benzene rings is 1. The summed E-state index contributed by atoms with van der Waals surface area (Å²) < 4.78 is 17.8. The van der Waals surface area contributed by atoms with Crippen LogP contribution < -0.4 is 5.32 Å². The van der Waals surface area contributed by atoms with E-state index in [1.807, 2.05) is 35.8 Å². The summed E-state index contributed by atoms with van der Waals surface area (Å²) in [5.74, 6) is -1.80. The molecule has 0 bridgehead atoms. The highest BCUT2D eigenvalue weighted by Crippen LogP contribution is 2.31. The molecule has 1 aromatic carbocycles. The summed E-state index contributed by atoms with van der Waals surface area (Å²) in [6.45, 7) is 12.3. The Balaban J connectivity index is 1.96. The van der Waals surface area contributed by atoms with Gasteiger partial charge in [0.05, 0.1) is 29.1 Å². The van der Waals surface area contributed by atoms with Crippen LogP contribution in [0, 0.1) is 5.92 Å². The molecule has 3 rings (SSSR count). The van der Waals surface area contributed by atoms with E-state index in [4.69, 9.17) is 19.2 Å². The summed E-state index contributed by atoms with van der Waals surface area (Å²) in [5.41, 5.74) is 0.693. The molecule has 0 aliphatic carbocycles. The molecule has 2 atom stereocenters. The van der Waals surface area contributed by atoms with Crippen LogP contribution in [0.15, 0.2) is 24.3 Å². The molecule has 11 heteroatoms. The van der Waals surface area contributed by atoms with Gasteiger partial charge < -0.3 is 29.2 Å². The molecule has 3 aromatic rings. The molecule has 0 saturated carbocycles. The third-order valence-electron chi connectivity index (χ3n) is 5.67. The van der Waals surface area contributed by atoms with Crippen LogP contribution >= 0.6 is 0 Å². The molecule has 2 aromatic heterocycles. The molecular weight excluding hydrogens is 492 g/mol. The number of rotatable bonds is 11. The number of anilines is 1. The number of hydrogen-bond donors (Lipinski definition) is 2. The molecule has 2 heterocycles. The third kappa shape index (κ3) is 6.91. The minimum atomic E-state index is -1.15. The van der Waals surface area contributed by atoms with Gasteiger partial charge in [-0.3, -0.25) is 9.59 Å². The lowest BCUT2D eigenvalue weighted by atomic mass is 10.1. The average Bonchev–Trinajstić information content (AvgIpc) is 3.19. The number of carbonyl (C=O) groups is 3. The van der Waals surface area contributed by atoms with Crippen molar-refractivity contribution in [3.8, 4) is 0 Å². The second-order valence-electron chi connectivity index (χ2n) is 10.0. The molecule has 0 saturated heterocycles. The van der Waals surface area contributed by atoms with Gasteiger partial charge in [-0.2, -0.15) is 0 Å². The van der Waals surface area contributed by atoms with E-state index in [0.717, 1.165) is 5.39 Å². The number of ether oxygens (including phenoxy) is 3. The normalized spacial score (nSPS) is 13.6. The summed E-state index contributed by atoms with van der Waals surface area (Å²) in [4.78, 5) is 46.3. The van der Waals surface area contributed by atoms with E-state index in [1.54, 1.807) is 27.7 Å². The van der Waals surface area contributed by atoms with Crippen molar-refractivity contribution in [3.63, 3.8) is 0 Å². The van der Waals surface area contributed by atoms with E-state index in [9.17, 15) is 19.5 Å². The van der Waals surface area contributed by atoms with Gasteiger partial charge in [0.25, 0.3) is 5.91 Å². The number of esters is 2. The highest BCUT2D eigenvalue weighted by molar-refractivity contribution is 6.10. The number of fused-ring (bicyclic) bond motifs is 3. The van der Waals surface area contributed by atoms with Gasteiger partial charge in [-0.1, -0.05) is 32.0 Å². The number of imidazole rings is 1. The second kappa shape index (κ2) is 12.0. The monoisotopic (exact) mass is 528 g/mol. The SMILES string of the molecule is CCOCc1nc2c(NC(=O)C(C)OC(C)C(=O)OC(=O)C(C)C)nc3ccccc3c2n1CC(C)(C)O. The first-order valence-electron chi connectivity index (χ1n) is 12.6. The maximum atomic E-state index is 13.1. The molecule has 0 radical (unpaired) electrons. The van der Waals surface area contributed by atoms with Gasteiger partial charge in [0.2, 0.25) is 0 Å². The zero-order valence-electron chi connectivity index (χ0n) is 22.9. The Labute approximate surface area is 221 Å². The molecular formula is C27H36N4O7. The summed E-state index contributed by atoms with van der Waals surface area (Å²) in [5, 5.41) is 14.2. The van der Waals surface area contributed by atoms with Gasteiger partial charge in [-0.15, -0.1) is 0 Å². The Hall–Kier alpha value is -3.41. The largest absolute Gasteiger partial charge is 0.391 e. The molecule has 206 valence electrons. The summed E-state index contributed by atoms with van der Waals surface area (Å²) in [6.07, 6.45) is -2.22. The van der Waals surface area contributed by atoms with Crippen molar-refractivity contribution in [2.75, 3.05) is 11.9 Å². The number of amides is 1. The van der Waals surface area contributed by atoms with Crippen LogP contribution in [0.2, 0.25) is 0 Å². The van der Waals surface area contributed by atoms with Crippen LogP contribution in [0.1, 0.15) is 54.3 Å². The predicted octanol–water partition coefficient (Wildman–Crippen LogP) is 3.35. The van der Waals surface area contributed by atoms with Crippen molar-refractivity contribution in [2.45, 2.75) is 79.4 Å². The summed E-state index contributed by atoms with van der Waals surface area (Å²) >= 11 is 0. The van der Waals surface area contributed by atoms with Crippen LogP contribution in [-0.2, 0) is 41.7 Å². The van der Waals surface area contributed by atoms with Crippen molar-refractivity contribution in [1.82, 2.24) is 14.5 Å². The lowest BCUT2D eigenvalue weighted by molar-refractivity contribution is -0.171. The molecule has 2 unspecified atom stereocenters. The smallest absolute Gasteiger partial charge is 0.342 e. The number of carbonyl (C=O) groups excluding carboxylic acids is 3. The zero-order chi connectivity index (χ0) is 28.2. The molecule has 2 N–H and O–H groups in total. The fraction of sp³-hybridized carbons (Fsp3) is 0.519. The van der Waals surface area contributed by atoms with Gasteiger partial charge in [-0.25, -0.2) is 14.8 Å². The predicted molar refractivity (Wildman–Crippen MR) is 141 cm³/mol. The lowest BCUT2D eigenvalue weighted by Gasteiger charge is -2.21. The maximum Gasteiger partial charge on any atom is 0.342 e. The number of nitrogens with one attached hydrogen (secondary N) is 1. The van der Waals surface area contributed by atoms with Crippen molar-refractivity contribution in [2.24, 2.45) is 5.92 Å². The second-order valence-corrected chi connectivity index (χ2v) is 10.0. The summed E-state index contributed by atoms with van der Waals surface area (Å²) in [6, 6.07) is 7.44. The van der Waals surface area contributed by atoms with Crippen molar-refractivity contribution >= 4 is 45.6 Å². The number of pyridine rings is 1. The van der Waals surface area contributed by atoms with Crippen LogP contribution in [-0.4, -0.2) is 61.9 Å². The molecule has 38 heavy (non-hydrogen) atoms.